The highest BCUT2D eigenvalue weighted by Crippen LogP contribution is 2.32. The zero-order valence-corrected chi connectivity index (χ0v) is 5.48. The van der Waals surface area contributed by atoms with E-state index < -0.39 is 0 Å². The summed E-state index contributed by atoms with van der Waals surface area (Å²) in [5.74, 6) is 0. The number of rotatable bonds is 1. The Balaban J connectivity index is 2.37. The molecule has 2 N–H and O–H groups in total. The molecule has 1 aliphatic rings. The van der Waals surface area contributed by atoms with Crippen molar-refractivity contribution in [2.24, 2.45) is 11.1 Å². The molecule has 0 radical (unpaired) electrons. The van der Waals surface area contributed by atoms with Gasteiger partial charge in [-0.25, -0.2) is 0 Å². The highest BCUT2D eigenvalue weighted by atomic mass is 16.5. The summed E-state index contributed by atoms with van der Waals surface area (Å²) in [7, 11) is 0. The first-order chi connectivity index (χ1) is 3.67. The molecule has 1 rings (SSSR count). The van der Waals surface area contributed by atoms with E-state index >= 15 is 0 Å². The summed E-state index contributed by atoms with van der Waals surface area (Å²) >= 11 is 0. The molecule has 0 saturated carbocycles. The van der Waals surface area contributed by atoms with E-state index in [0.717, 1.165) is 6.61 Å². The van der Waals surface area contributed by atoms with Crippen molar-refractivity contribution >= 4 is 0 Å². The van der Waals surface area contributed by atoms with Crippen molar-refractivity contribution in [3.8, 4) is 0 Å². The van der Waals surface area contributed by atoms with Crippen molar-refractivity contribution in [1.29, 1.82) is 0 Å². The van der Waals surface area contributed by atoms with E-state index in [1.54, 1.807) is 0 Å². The Labute approximate surface area is 50.0 Å². The van der Waals surface area contributed by atoms with Gasteiger partial charge in [0.2, 0.25) is 0 Å². The minimum absolute atomic E-state index is 0.308. The van der Waals surface area contributed by atoms with Gasteiger partial charge < -0.3 is 10.5 Å². The third-order valence-electron chi connectivity index (χ3n) is 1.74. The van der Waals surface area contributed by atoms with Crippen LogP contribution in [-0.2, 0) is 4.74 Å². The molecular weight excluding hydrogens is 102 g/mol. The first kappa shape index (κ1) is 6.05. The van der Waals surface area contributed by atoms with E-state index in [-0.39, 0.29) is 0 Å². The van der Waals surface area contributed by atoms with Crippen molar-refractivity contribution in [2.45, 2.75) is 20.0 Å². The highest BCUT2D eigenvalue weighted by Gasteiger charge is 2.38. The van der Waals surface area contributed by atoms with Crippen molar-refractivity contribution in [3.05, 3.63) is 0 Å². The lowest BCUT2D eigenvalue weighted by molar-refractivity contribution is -0.161. The van der Waals surface area contributed by atoms with Crippen LogP contribution in [0.25, 0.3) is 0 Å². The van der Waals surface area contributed by atoms with Gasteiger partial charge in [-0.3, -0.25) is 0 Å². The average molecular weight is 115 g/mol. The monoisotopic (exact) mass is 115 g/mol. The summed E-state index contributed by atoms with van der Waals surface area (Å²) in [5, 5.41) is 0. The van der Waals surface area contributed by atoms with E-state index in [9.17, 15) is 0 Å². The molecule has 1 fully saturated rings. The van der Waals surface area contributed by atoms with Crippen LogP contribution in [0, 0.1) is 5.41 Å². The smallest absolute Gasteiger partial charge is 0.0770 e. The second kappa shape index (κ2) is 1.71. The van der Waals surface area contributed by atoms with Gasteiger partial charge in [-0.2, -0.15) is 0 Å². The van der Waals surface area contributed by atoms with E-state index in [0.29, 0.717) is 18.1 Å². The van der Waals surface area contributed by atoms with E-state index in [1.807, 2.05) is 0 Å². The van der Waals surface area contributed by atoms with Crippen molar-refractivity contribution in [3.63, 3.8) is 0 Å². The van der Waals surface area contributed by atoms with Gasteiger partial charge >= 0.3 is 0 Å². The normalized spacial score (nSPS) is 34.1. The molecule has 1 saturated heterocycles. The SMILES string of the molecule is CC1(C)CO[C@@H]1CN. The Morgan fingerprint density at radius 3 is 2.38 bits per heavy atom. The number of nitrogens with two attached hydrogens (primary N) is 1. The molecule has 0 unspecified atom stereocenters. The fourth-order valence-electron chi connectivity index (χ4n) is 0.922. The third kappa shape index (κ3) is 0.740. The first-order valence-electron chi connectivity index (χ1n) is 2.98. The zero-order chi connectivity index (χ0) is 6.20. The second-order valence-electron chi connectivity index (χ2n) is 3.02. The van der Waals surface area contributed by atoms with Gasteiger partial charge in [0.15, 0.2) is 0 Å². The van der Waals surface area contributed by atoms with Crippen molar-refractivity contribution in [1.82, 2.24) is 0 Å². The maximum atomic E-state index is 5.38. The van der Waals surface area contributed by atoms with Gasteiger partial charge in [-0.15, -0.1) is 0 Å². The van der Waals surface area contributed by atoms with Crippen LogP contribution in [-0.4, -0.2) is 19.3 Å². The lowest BCUT2D eigenvalue weighted by atomic mass is 9.83. The van der Waals surface area contributed by atoms with Crippen molar-refractivity contribution in [2.75, 3.05) is 13.2 Å². The Hall–Kier alpha value is -0.0800. The van der Waals surface area contributed by atoms with Crippen LogP contribution >= 0.6 is 0 Å². The lowest BCUT2D eigenvalue weighted by Gasteiger charge is -2.43. The summed E-state index contributed by atoms with van der Waals surface area (Å²) in [6.07, 6.45) is 0.308. The van der Waals surface area contributed by atoms with Gasteiger partial charge in [0.25, 0.3) is 0 Å². The topological polar surface area (TPSA) is 35.2 Å². The molecule has 0 aliphatic carbocycles. The Kier molecular flexibility index (Phi) is 1.29. The Morgan fingerprint density at radius 2 is 2.38 bits per heavy atom. The minimum Gasteiger partial charge on any atom is -0.376 e. The summed E-state index contributed by atoms with van der Waals surface area (Å²) in [6, 6.07) is 0. The molecule has 8 heavy (non-hydrogen) atoms. The van der Waals surface area contributed by atoms with E-state index in [2.05, 4.69) is 13.8 Å². The van der Waals surface area contributed by atoms with E-state index in [1.165, 1.54) is 0 Å². The number of ether oxygens (including phenoxy) is 1. The largest absolute Gasteiger partial charge is 0.376 e. The fourth-order valence-corrected chi connectivity index (χ4v) is 0.922. The molecule has 0 amide bonds. The van der Waals surface area contributed by atoms with Crippen LogP contribution in [0.15, 0.2) is 0 Å². The minimum atomic E-state index is 0.308. The molecule has 1 heterocycles. The van der Waals surface area contributed by atoms with Gasteiger partial charge in [0, 0.05) is 12.0 Å². The van der Waals surface area contributed by atoms with Crippen LogP contribution in [0.2, 0.25) is 0 Å². The molecule has 2 nitrogen and oxygen atoms in total. The molecule has 0 bridgehead atoms. The number of hydrogen-bond donors (Lipinski definition) is 1. The summed E-state index contributed by atoms with van der Waals surface area (Å²) in [6.45, 7) is 5.88. The van der Waals surface area contributed by atoms with Crippen LogP contribution in [0.3, 0.4) is 0 Å². The Bertz CT molecular complexity index is 88.5. The van der Waals surface area contributed by atoms with Gasteiger partial charge in [-0.05, 0) is 0 Å². The van der Waals surface area contributed by atoms with Crippen LogP contribution in [0.5, 0.6) is 0 Å². The summed E-state index contributed by atoms with van der Waals surface area (Å²) < 4.78 is 5.17. The van der Waals surface area contributed by atoms with Crippen LogP contribution in [0.4, 0.5) is 0 Å². The molecule has 1 atom stereocenters. The molecule has 0 aromatic rings. The first-order valence-corrected chi connectivity index (χ1v) is 2.98. The molecular formula is C6H13NO. The molecule has 0 aromatic heterocycles. The predicted octanol–water partition coefficient (Wildman–Crippen LogP) is 0.370. The van der Waals surface area contributed by atoms with Gasteiger partial charge in [0.1, 0.15) is 0 Å². The molecule has 0 aromatic carbocycles. The summed E-state index contributed by atoms with van der Waals surface area (Å²) in [4.78, 5) is 0. The highest BCUT2D eigenvalue weighted by molar-refractivity contribution is 4.87. The molecule has 48 valence electrons. The maximum absolute atomic E-state index is 5.38. The average Bonchev–Trinajstić information content (AvgIpc) is 1.66. The van der Waals surface area contributed by atoms with E-state index in [4.69, 9.17) is 10.5 Å². The Morgan fingerprint density at radius 1 is 1.75 bits per heavy atom. The maximum Gasteiger partial charge on any atom is 0.0770 e. The van der Waals surface area contributed by atoms with Crippen molar-refractivity contribution < 1.29 is 4.74 Å². The standard InChI is InChI=1S/C6H13NO/c1-6(2)4-8-5(6)3-7/h5H,3-4,7H2,1-2H3/t5-/m1/s1. The summed E-state index contributed by atoms with van der Waals surface area (Å²) in [5.41, 5.74) is 5.73. The molecule has 1 aliphatic heterocycles. The predicted molar refractivity (Wildman–Crippen MR) is 32.6 cm³/mol. The lowest BCUT2D eigenvalue weighted by Crippen LogP contribution is -2.51. The van der Waals surface area contributed by atoms with Gasteiger partial charge in [0.05, 0.1) is 12.7 Å². The fraction of sp³-hybridized carbons (Fsp3) is 1.00. The second-order valence-corrected chi connectivity index (χ2v) is 3.02. The molecule has 0 spiro atoms. The third-order valence-corrected chi connectivity index (χ3v) is 1.74. The van der Waals surface area contributed by atoms with Crippen LogP contribution < -0.4 is 5.73 Å². The quantitative estimate of drug-likeness (QED) is 0.536. The molecule has 2 heteroatoms. The van der Waals surface area contributed by atoms with Gasteiger partial charge in [-0.1, -0.05) is 13.8 Å². The van der Waals surface area contributed by atoms with Crippen LogP contribution in [0.1, 0.15) is 13.8 Å². The zero-order valence-electron chi connectivity index (χ0n) is 5.48. The number of hydrogen-bond acceptors (Lipinski definition) is 2.